The molecular weight excluding hydrogens is 332 g/mol. The minimum Gasteiger partial charge on any atom is -0.497 e. The predicted molar refractivity (Wildman–Crippen MR) is 90.5 cm³/mol. The molecular formula is C16H18N2O5S. The lowest BCUT2D eigenvalue weighted by Crippen LogP contribution is -2.19. The second-order valence-corrected chi connectivity index (χ2v) is 6.27. The van der Waals surface area contributed by atoms with E-state index in [-0.39, 0.29) is 10.6 Å². The average Bonchev–Trinajstić information content (AvgIpc) is 2.61. The van der Waals surface area contributed by atoms with Crippen LogP contribution in [0.2, 0.25) is 0 Å². The highest BCUT2D eigenvalue weighted by Gasteiger charge is 2.19. The molecule has 2 aromatic rings. The van der Waals surface area contributed by atoms with Crippen molar-refractivity contribution in [3.8, 4) is 17.2 Å². The Bertz CT molecular complexity index is 817. The Morgan fingerprint density at radius 3 is 2.12 bits per heavy atom. The molecule has 8 heteroatoms. The zero-order valence-electron chi connectivity index (χ0n) is 13.5. The number of hydrogen-bond donors (Lipinski definition) is 1. The monoisotopic (exact) mass is 350 g/mol. The molecule has 0 aliphatic carbocycles. The van der Waals surface area contributed by atoms with Crippen molar-refractivity contribution in [3.05, 3.63) is 48.0 Å². The predicted octanol–water partition coefficient (Wildman–Crippen LogP) is 2.02. The van der Waals surface area contributed by atoms with Gasteiger partial charge in [0.05, 0.1) is 27.5 Å². The zero-order chi connectivity index (χ0) is 17.6. The van der Waals surface area contributed by atoms with Crippen molar-refractivity contribution >= 4 is 16.2 Å². The van der Waals surface area contributed by atoms with Crippen LogP contribution in [0.25, 0.3) is 0 Å². The van der Waals surface area contributed by atoms with Crippen molar-refractivity contribution < 1.29 is 22.6 Å². The molecule has 0 saturated carbocycles. The van der Waals surface area contributed by atoms with Gasteiger partial charge >= 0.3 is 0 Å². The third kappa shape index (κ3) is 4.17. The highest BCUT2D eigenvalue weighted by molar-refractivity contribution is 7.89. The van der Waals surface area contributed by atoms with Crippen molar-refractivity contribution in [2.75, 3.05) is 21.3 Å². The van der Waals surface area contributed by atoms with Gasteiger partial charge in [-0.25, -0.2) is 0 Å². The first-order valence-electron chi connectivity index (χ1n) is 6.91. The van der Waals surface area contributed by atoms with E-state index in [0.29, 0.717) is 11.5 Å². The van der Waals surface area contributed by atoms with Gasteiger partial charge in [0.15, 0.2) is 0 Å². The molecule has 0 amide bonds. The lowest BCUT2D eigenvalue weighted by molar-refractivity contribution is 0.392. The molecule has 0 aromatic heterocycles. The first kappa shape index (κ1) is 17.6. The SMILES string of the molecule is COc1ccc(/C=N/NS(=O)(=O)c2cc(OC)ccc2OC)cc1. The molecule has 0 saturated heterocycles. The summed E-state index contributed by atoms with van der Waals surface area (Å²) in [6, 6.07) is 11.5. The molecule has 0 unspecified atom stereocenters. The van der Waals surface area contributed by atoms with Crippen molar-refractivity contribution in [2.45, 2.75) is 4.90 Å². The smallest absolute Gasteiger partial charge is 0.280 e. The Kier molecular flexibility index (Phi) is 5.64. The Labute approximate surface area is 140 Å². The van der Waals surface area contributed by atoms with Gasteiger partial charge < -0.3 is 14.2 Å². The van der Waals surface area contributed by atoms with Crippen LogP contribution in [0.3, 0.4) is 0 Å². The molecule has 0 heterocycles. The van der Waals surface area contributed by atoms with Gasteiger partial charge in [0, 0.05) is 6.07 Å². The highest BCUT2D eigenvalue weighted by atomic mass is 32.2. The maximum absolute atomic E-state index is 12.4. The van der Waals surface area contributed by atoms with Gasteiger partial charge in [0.25, 0.3) is 10.0 Å². The molecule has 128 valence electrons. The molecule has 7 nitrogen and oxygen atoms in total. The maximum atomic E-state index is 12.4. The lowest BCUT2D eigenvalue weighted by atomic mass is 10.2. The second kappa shape index (κ2) is 7.69. The quantitative estimate of drug-likeness (QED) is 0.610. The van der Waals surface area contributed by atoms with Gasteiger partial charge in [0.2, 0.25) is 0 Å². The van der Waals surface area contributed by atoms with Crippen LogP contribution in [0, 0.1) is 0 Å². The number of nitrogens with one attached hydrogen (secondary N) is 1. The van der Waals surface area contributed by atoms with Crippen LogP contribution in [0.5, 0.6) is 17.2 Å². The number of methoxy groups -OCH3 is 3. The van der Waals surface area contributed by atoms with E-state index in [1.165, 1.54) is 32.6 Å². The fourth-order valence-electron chi connectivity index (χ4n) is 1.90. The summed E-state index contributed by atoms with van der Waals surface area (Å²) in [7, 11) is 0.514. The van der Waals surface area contributed by atoms with E-state index < -0.39 is 10.0 Å². The average molecular weight is 350 g/mol. The minimum atomic E-state index is -3.90. The first-order valence-corrected chi connectivity index (χ1v) is 8.39. The number of sulfonamides is 1. The number of hydrazone groups is 1. The van der Waals surface area contributed by atoms with Gasteiger partial charge in [-0.3, -0.25) is 0 Å². The van der Waals surface area contributed by atoms with Crippen LogP contribution in [0.1, 0.15) is 5.56 Å². The summed E-state index contributed by atoms with van der Waals surface area (Å²) in [4.78, 5) is 2.09. The van der Waals surface area contributed by atoms with Crippen LogP contribution in [0.4, 0.5) is 0 Å². The van der Waals surface area contributed by atoms with Gasteiger partial charge in [-0.05, 0) is 42.0 Å². The van der Waals surface area contributed by atoms with Crippen molar-refractivity contribution in [1.29, 1.82) is 0 Å². The van der Waals surface area contributed by atoms with E-state index in [9.17, 15) is 8.42 Å². The molecule has 0 radical (unpaired) electrons. The topological polar surface area (TPSA) is 86.2 Å². The van der Waals surface area contributed by atoms with E-state index in [1.54, 1.807) is 37.4 Å². The molecule has 2 rings (SSSR count). The Morgan fingerprint density at radius 1 is 0.917 bits per heavy atom. The maximum Gasteiger partial charge on any atom is 0.280 e. The molecule has 0 fully saturated rings. The molecule has 0 aliphatic heterocycles. The van der Waals surface area contributed by atoms with E-state index in [2.05, 4.69) is 9.93 Å². The summed E-state index contributed by atoms with van der Waals surface area (Å²) in [5.74, 6) is 1.30. The van der Waals surface area contributed by atoms with E-state index in [4.69, 9.17) is 14.2 Å². The summed E-state index contributed by atoms with van der Waals surface area (Å²) >= 11 is 0. The first-order chi connectivity index (χ1) is 11.5. The van der Waals surface area contributed by atoms with Crippen LogP contribution < -0.4 is 19.0 Å². The van der Waals surface area contributed by atoms with Crippen LogP contribution in [-0.2, 0) is 10.0 Å². The number of benzene rings is 2. The van der Waals surface area contributed by atoms with Crippen LogP contribution in [-0.4, -0.2) is 36.0 Å². The fourth-order valence-corrected chi connectivity index (χ4v) is 2.88. The molecule has 1 N–H and O–H groups in total. The summed E-state index contributed by atoms with van der Waals surface area (Å²) in [5.41, 5.74) is 0.719. The Balaban J connectivity index is 2.20. The largest absolute Gasteiger partial charge is 0.497 e. The van der Waals surface area contributed by atoms with Gasteiger partial charge in [0.1, 0.15) is 22.1 Å². The summed E-state index contributed by atoms with van der Waals surface area (Å²) < 4.78 is 40.0. The number of ether oxygens (including phenoxy) is 3. The Hall–Kier alpha value is -2.74. The zero-order valence-corrected chi connectivity index (χ0v) is 14.3. The molecule has 2 aromatic carbocycles. The molecule has 0 spiro atoms. The van der Waals surface area contributed by atoms with E-state index in [0.717, 1.165) is 5.56 Å². The third-order valence-corrected chi connectivity index (χ3v) is 4.41. The van der Waals surface area contributed by atoms with E-state index >= 15 is 0 Å². The number of nitrogens with zero attached hydrogens (tertiary/aromatic N) is 1. The molecule has 0 atom stereocenters. The normalized spacial score (nSPS) is 11.3. The second-order valence-electron chi connectivity index (χ2n) is 4.64. The summed E-state index contributed by atoms with van der Waals surface area (Å²) in [6.07, 6.45) is 1.39. The molecule has 0 aliphatic rings. The molecule has 0 bridgehead atoms. The van der Waals surface area contributed by atoms with Crippen molar-refractivity contribution in [1.82, 2.24) is 4.83 Å². The van der Waals surface area contributed by atoms with Gasteiger partial charge in [-0.2, -0.15) is 18.4 Å². The van der Waals surface area contributed by atoms with E-state index in [1.807, 2.05) is 0 Å². The number of hydrogen-bond acceptors (Lipinski definition) is 6. The summed E-state index contributed by atoms with van der Waals surface area (Å²) in [6.45, 7) is 0. The molecule has 24 heavy (non-hydrogen) atoms. The van der Waals surface area contributed by atoms with Gasteiger partial charge in [-0.1, -0.05) is 0 Å². The minimum absolute atomic E-state index is 0.0590. The van der Waals surface area contributed by atoms with Crippen LogP contribution in [0.15, 0.2) is 52.5 Å². The fraction of sp³-hybridized carbons (Fsp3) is 0.188. The highest BCUT2D eigenvalue weighted by Crippen LogP contribution is 2.27. The van der Waals surface area contributed by atoms with Gasteiger partial charge in [-0.15, -0.1) is 0 Å². The van der Waals surface area contributed by atoms with Crippen molar-refractivity contribution in [2.24, 2.45) is 5.10 Å². The third-order valence-electron chi connectivity index (χ3n) is 3.16. The standard InChI is InChI=1S/C16H18N2O5S/c1-21-13-6-4-12(5-7-13)11-17-18-24(19,20)16-10-14(22-2)8-9-15(16)23-3/h4-11,18H,1-3H3/b17-11+. The summed E-state index contributed by atoms with van der Waals surface area (Å²) in [5, 5.41) is 3.78. The van der Waals surface area contributed by atoms with Crippen LogP contribution >= 0.6 is 0 Å². The number of rotatable bonds is 7. The van der Waals surface area contributed by atoms with Crippen molar-refractivity contribution in [3.63, 3.8) is 0 Å². The Morgan fingerprint density at radius 2 is 1.54 bits per heavy atom. The lowest BCUT2D eigenvalue weighted by Gasteiger charge is -2.10.